The molecule has 2 aliphatic heterocycles. The van der Waals surface area contributed by atoms with Gasteiger partial charge in [-0.2, -0.15) is 0 Å². The Morgan fingerprint density at radius 3 is 2.50 bits per heavy atom. The van der Waals surface area contributed by atoms with Crippen LogP contribution < -0.4 is 5.32 Å². The van der Waals surface area contributed by atoms with Gasteiger partial charge in [0.2, 0.25) is 5.91 Å². The molecule has 0 aromatic rings. The topological polar surface area (TPSA) is 32.3 Å². The molecule has 2 heterocycles. The fourth-order valence-corrected chi connectivity index (χ4v) is 4.10. The molecule has 3 heteroatoms. The summed E-state index contributed by atoms with van der Waals surface area (Å²) in [7, 11) is 0. The van der Waals surface area contributed by atoms with Gasteiger partial charge < -0.3 is 10.2 Å². The predicted octanol–water partition coefficient (Wildman–Crippen LogP) is 0.771. The minimum atomic E-state index is 0.318. The minimum absolute atomic E-state index is 0.318. The number of piperidine rings is 1. The van der Waals surface area contributed by atoms with Crippen LogP contribution in [0.2, 0.25) is 0 Å². The fourth-order valence-electron chi connectivity index (χ4n) is 4.10. The van der Waals surface area contributed by atoms with Crippen molar-refractivity contribution in [1.29, 1.82) is 0 Å². The Morgan fingerprint density at radius 1 is 1.12 bits per heavy atom. The van der Waals surface area contributed by atoms with Crippen molar-refractivity contribution < 1.29 is 4.79 Å². The first kappa shape index (κ1) is 9.23. The van der Waals surface area contributed by atoms with Gasteiger partial charge in [0.1, 0.15) is 0 Å². The molecule has 0 aromatic carbocycles. The number of hydrogen-bond donors (Lipinski definition) is 1. The van der Waals surface area contributed by atoms with E-state index in [0.717, 1.165) is 19.5 Å². The largest absolute Gasteiger partial charge is 0.334 e. The maximum Gasteiger partial charge on any atom is 0.226 e. The maximum absolute atomic E-state index is 12.5. The van der Waals surface area contributed by atoms with Crippen LogP contribution in [0.25, 0.3) is 0 Å². The van der Waals surface area contributed by atoms with Crippen LogP contribution in [0, 0.1) is 17.8 Å². The van der Waals surface area contributed by atoms with Crippen LogP contribution >= 0.6 is 0 Å². The summed E-state index contributed by atoms with van der Waals surface area (Å²) in [5.41, 5.74) is 0. The van der Waals surface area contributed by atoms with Crippen molar-refractivity contribution in [2.75, 3.05) is 13.1 Å². The molecule has 2 saturated heterocycles. The van der Waals surface area contributed by atoms with Crippen molar-refractivity contribution in [3.8, 4) is 0 Å². The quantitative estimate of drug-likeness (QED) is 0.659. The van der Waals surface area contributed by atoms with Crippen molar-refractivity contribution >= 4 is 5.91 Å². The number of hydrogen-bond acceptors (Lipinski definition) is 2. The van der Waals surface area contributed by atoms with Gasteiger partial charge in [0.15, 0.2) is 0 Å². The summed E-state index contributed by atoms with van der Waals surface area (Å²) in [5, 5.41) is 3.39. The molecule has 3 nitrogen and oxygen atoms in total. The molecule has 0 radical (unpaired) electrons. The highest BCUT2D eigenvalue weighted by Gasteiger charge is 2.49. The molecule has 86 valence electrons. The highest BCUT2D eigenvalue weighted by molar-refractivity contribution is 5.82. The highest BCUT2D eigenvalue weighted by atomic mass is 16.2. The van der Waals surface area contributed by atoms with Gasteiger partial charge >= 0.3 is 0 Å². The Bertz CT molecular complexity index is 351. The summed E-state index contributed by atoms with van der Waals surface area (Å²) in [5.74, 6) is 2.04. The maximum atomic E-state index is 12.5. The molecule has 16 heavy (non-hydrogen) atoms. The van der Waals surface area contributed by atoms with Gasteiger partial charge in [0, 0.05) is 31.1 Å². The number of amides is 1. The molecule has 2 unspecified atom stereocenters. The van der Waals surface area contributed by atoms with E-state index in [0.29, 0.717) is 35.7 Å². The summed E-state index contributed by atoms with van der Waals surface area (Å²) in [6, 6.07) is 1.02. The van der Waals surface area contributed by atoms with Crippen LogP contribution in [0.1, 0.15) is 19.3 Å². The van der Waals surface area contributed by atoms with E-state index in [1.165, 1.54) is 12.8 Å². The Hall–Kier alpha value is -0.830. The van der Waals surface area contributed by atoms with Gasteiger partial charge in [0.05, 0.1) is 0 Å². The van der Waals surface area contributed by atoms with E-state index >= 15 is 0 Å². The second-order valence-electron chi connectivity index (χ2n) is 5.83. The Kier molecular flexibility index (Phi) is 1.79. The van der Waals surface area contributed by atoms with Crippen LogP contribution in [0.15, 0.2) is 12.2 Å². The molecular weight excluding hydrogens is 200 g/mol. The van der Waals surface area contributed by atoms with Gasteiger partial charge in [-0.25, -0.2) is 0 Å². The third-order valence-electron chi connectivity index (χ3n) is 4.94. The van der Waals surface area contributed by atoms with Crippen LogP contribution in [-0.4, -0.2) is 36.0 Å². The molecular formula is C13H18N2O. The normalized spacial score (nSPS) is 48.2. The van der Waals surface area contributed by atoms with Crippen LogP contribution in [-0.2, 0) is 4.79 Å². The second-order valence-corrected chi connectivity index (χ2v) is 5.83. The molecule has 0 spiro atoms. The number of carbonyl (C=O) groups is 1. The third kappa shape index (κ3) is 1.10. The van der Waals surface area contributed by atoms with E-state index in [1.54, 1.807) is 0 Å². The molecule has 1 amide bonds. The van der Waals surface area contributed by atoms with E-state index in [9.17, 15) is 4.79 Å². The number of nitrogens with one attached hydrogen (secondary N) is 1. The van der Waals surface area contributed by atoms with E-state index in [4.69, 9.17) is 0 Å². The van der Waals surface area contributed by atoms with Crippen molar-refractivity contribution in [1.82, 2.24) is 10.2 Å². The second kappa shape index (κ2) is 3.10. The molecule has 0 aromatic heterocycles. The summed E-state index contributed by atoms with van der Waals surface area (Å²) < 4.78 is 0. The molecule has 5 atom stereocenters. The van der Waals surface area contributed by atoms with Crippen molar-refractivity contribution in [3.63, 3.8) is 0 Å². The molecule has 1 N–H and O–H groups in total. The van der Waals surface area contributed by atoms with Crippen LogP contribution in [0.4, 0.5) is 0 Å². The zero-order valence-electron chi connectivity index (χ0n) is 9.43. The van der Waals surface area contributed by atoms with Gasteiger partial charge in [-0.1, -0.05) is 12.2 Å². The first-order valence-corrected chi connectivity index (χ1v) is 6.54. The average Bonchev–Trinajstić information content (AvgIpc) is 2.91. The Balaban J connectivity index is 1.52. The predicted molar refractivity (Wildman–Crippen MR) is 60.8 cm³/mol. The summed E-state index contributed by atoms with van der Waals surface area (Å²) in [4.78, 5) is 14.7. The molecule has 4 rings (SSSR count). The van der Waals surface area contributed by atoms with Crippen molar-refractivity contribution in [2.24, 2.45) is 17.8 Å². The summed E-state index contributed by atoms with van der Waals surface area (Å²) in [6.45, 7) is 2.03. The average molecular weight is 218 g/mol. The van der Waals surface area contributed by atoms with Crippen LogP contribution in [0.5, 0.6) is 0 Å². The summed E-state index contributed by atoms with van der Waals surface area (Å²) >= 11 is 0. The number of fused-ring (bicyclic) bond motifs is 4. The van der Waals surface area contributed by atoms with Gasteiger partial charge in [-0.15, -0.1) is 0 Å². The molecule has 4 aliphatic rings. The lowest BCUT2D eigenvalue weighted by Gasteiger charge is -2.54. The smallest absolute Gasteiger partial charge is 0.226 e. The van der Waals surface area contributed by atoms with E-state index in [2.05, 4.69) is 22.4 Å². The fraction of sp³-hybridized carbons (Fsp3) is 0.769. The van der Waals surface area contributed by atoms with Gasteiger partial charge in [-0.05, 0) is 31.1 Å². The SMILES string of the molecule is O=C([C@@H]1C[C@H]2C=C[C@H]1C2)N1C2CNCC1C2. The Labute approximate surface area is 95.9 Å². The van der Waals surface area contributed by atoms with Gasteiger partial charge in [-0.3, -0.25) is 4.79 Å². The third-order valence-corrected chi connectivity index (χ3v) is 4.94. The molecule has 2 aliphatic carbocycles. The molecule has 1 saturated carbocycles. The lowest BCUT2D eigenvalue weighted by atomic mass is 9.84. The lowest BCUT2D eigenvalue weighted by Crippen LogP contribution is -2.70. The van der Waals surface area contributed by atoms with E-state index in [1.807, 2.05) is 0 Å². The zero-order valence-corrected chi connectivity index (χ0v) is 9.43. The van der Waals surface area contributed by atoms with Crippen molar-refractivity contribution in [2.45, 2.75) is 31.3 Å². The monoisotopic (exact) mass is 218 g/mol. The number of allylic oxidation sites excluding steroid dienone is 2. The van der Waals surface area contributed by atoms with Crippen molar-refractivity contribution in [3.05, 3.63) is 12.2 Å². The molecule has 4 bridgehead atoms. The van der Waals surface area contributed by atoms with E-state index < -0.39 is 0 Å². The van der Waals surface area contributed by atoms with E-state index in [-0.39, 0.29) is 0 Å². The molecule has 3 fully saturated rings. The minimum Gasteiger partial charge on any atom is -0.334 e. The first-order valence-electron chi connectivity index (χ1n) is 6.54. The zero-order chi connectivity index (χ0) is 10.7. The van der Waals surface area contributed by atoms with Gasteiger partial charge in [0.25, 0.3) is 0 Å². The summed E-state index contributed by atoms with van der Waals surface area (Å²) in [6.07, 6.45) is 8.17. The standard InChI is InChI=1S/C13H18N2O/c16-13(12-4-8-1-2-9(12)3-8)15-10-5-11(15)7-14-6-10/h1-2,8-12,14H,3-7H2/t8-,9-,10?,11?,12+/m0/s1. The lowest BCUT2D eigenvalue weighted by molar-refractivity contribution is -0.152. The number of rotatable bonds is 1. The van der Waals surface area contributed by atoms with Crippen LogP contribution in [0.3, 0.4) is 0 Å². The Morgan fingerprint density at radius 2 is 1.94 bits per heavy atom. The first-order chi connectivity index (χ1) is 7.83. The number of carbonyl (C=O) groups excluding carboxylic acids is 1. The highest BCUT2D eigenvalue weighted by Crippen LogP contribution is 2.45. The number of nitrogens with zero attached hydrogens (tertiary/aromatic N) is 1. The number of piperazine rings is 1.